The van der Waals surface area contributed by atoms with Crippen LogP contribution >= 0.6 is 0 Å². The number of hydrogen-bond acceptors (Lipinski definition) is 5. The molecule has 0 saturated heterocycles. The van der Waals surface area contributed by atoms with Crippen molar-refractivity contribution in [3.05, 3.63) is 53.7 Å². The van der Waals surface area contributed by atoms with Crippen molar-refractivity contribution in [2.24, 2.45) is 0 Å². The minimum Gasteiger partial charge on any atom is -0.423 e. The molecule has 120 valence electrons. The lowest BCUT2D eigenvalue weighted by Crippen LogP contribution is -1.91. The van der Waals surface area contributed by atoms with E-state index in [1.54, 1.807) is 6.20 Å². The van der Waals surface area contributed by atoms with Gasteiger partial charge < -0.3 is 15.5 Å². The molecule has 0 radical (unpaired) electrons. The normalized spacial score (nSPS) is 11.1. The Morgan fingerprint density at radius 1 is 1.12 bits per heavy atom. The summed E-state index contributed by atoms with van der Waals surface area (Å²) in [4.78, 5) is 4.50. The first-order valence-corrected chi connectivity index (χ1v) is 7.64. The van der Waals surface area contributed by atoms with Crippen LogP contribution in [-0.2, 0) is 0 Å². The van der Waals surface area contributed by atoms with Crippen LogP contribution < -0.4 is 11.1 Å². The summed E-state index contributed by atoms with van der Waals surface area (Å²) in [6.07, 6.45) is 1.60. The molecule has 6 heteroatoms. The third-order valence-electron chi connectivity index (χ3n) is 3.91. The van der Waals surface area contributed by atoms with Gasteiger partial charge in [0.1, 0.15) is 5.52 Å². The summed E-state index contributed by atoms with van der Waals surface area (Å²) >= 11 is 0. The van der Waals surface area contributed by atoms with Crippen LogP contribution in [0.25, 0.3) is 22.4 Å². The Bertz CT molecular complexity index is 1010. The number of nitrogens with one attached hydrogen (secondary N) is 2. The van der Waals surface area contributed by atoms with Crippen LogP contribution in [0.4, 0.5) is 17.4 Å². The third-order valence-corrected chi connectivity index (χ3v) is 3.91. The minimum atomic E-state index is 0.479. The molecule has 0 saturated carbocycles. The Morgan fingerprint density at radius 3 is 2.62 bits per heavy atom. The van der Waals surface area contributed by atoms with Crippen molar-refractivity contribution in [2.75, 3.05) is 11.1 Å². The van der Waals surface area contributed by atoms with E-state index < -0.39 is 0 Å². The van der Waals surface area contributed by atoms with Gasteiger partial charge >= 0.3 is 0 Å². The number of nitrogens with zero attached hydrogens (tertiary/aromatic N) is 2. The standard InChI is InChI=1S/C18H17N5O/c1-10-7-11(2)17-15(8-10)22-18(24-17)21-13-5-3-12(4-6-13)16-14(19)9-20-23-16/h3-9H,19H2,1-2H3,(H,20,23)(H,21,22). The Morgan fingerprint density at radius 2 is 1.92 bits per heavy atom. The van der Waals surface area contributed by atoms with Crippen molar-refractivity contribution in [1.82, 2.24) is 15.2 Å². The van der Waals surface area contributed by atoms with Crippen LogP contribution in [0.15, 0.2) is 47.0 Å². The topological polar surface area (TPSA) is 92.8 Å². The molecule has 0 atom stereocenters. The number of aromatic amines is 1. The molecular weight excluding hydrogens is 302 g/mol. The molecule has 0 aliphatic heterocycles. The van der Waals surface area contributed by atoms with Gasteiger partial charge in [0.25, 0.3) is 6.01 Å². The first-order chi connectivity index (χ1) is 11.6. The van der Waals surface area contributed by atoms with E-state index in [1.807, 2.05) is 44.2 Å². The molecule has 0 amide bonds. The van der Waals surface area contributed by atoms with Crippen molar-refractivity contribution < 1.29 is 4.42 Å². The summed E-state index contributed by atoms with van der Waals surface area (Å²) in [5.74, 6) is 0. The molecule has 0 spiro atoms. The summed E-state index contributed by atoms with van der Waals surface area (Å²) < 4.78 is 5.82. The Labute approximate surface area is 138 Å². The number of oxazole rings is 1. The lowest BCUT2D eigenvalue weighted by atomic mass is 10.1. The van der Waals surface area contributed by atoms with Gasteiger partial charge in [0.2, 0.25) is 0 Å². The van der Waals surface area contributed by atoms with E-state index in [0.29, 0.717) is 11.7 Å². The number of nitrogen functional groups attached to an aromatic ring is 1. The maximum Gasteiger partial charge on any atom is 0.300 e. The van der Waals surface area contributed by atoms with E-state index in [-0.39, 0.29) is 0 Å². The number of benzene rings is 2. The zero-order valence-corrected chi connectivity index (χ0v) is 13.4. The van der Waals surface area contributed by atoms with Crippen molar-refractivity contribution >= 4 is 28.5 Å². The molecule has 2 aromatic carbocycles. The molecule has 4 rings (SSSR count). The molecular formula is C18H17N5O. The van der Waals surface area contributed by atoms with Gasteiger partial charge in [0.05, 0.1) is 17.6 Å². The van der Waals surface area contributed by atoms with Gasteiger partial charge in [-0.2, -0.15) is 10.1 Å². The van der Waals surface area contributed by atoms with Gasteiger partial charge in [-0.05, 0) is 43.2 Å². The predicted octanol–water partition coefficient (Wildman–Crippen LogP) is 4.16. The minimum absolute atomic E-state index is 0.479. The zero-order chi connectivity index (χ0) is 16.7. The second kappa shape index (κ2) is 5.42. The van der Waals surface area contributed by atoms with Crippen LogP contribution in [0.5, 0.6) is 0 Å². The van der Waals surface area contributed by atoms with Gasteiger partial charge in [-0.15, -0.1) is 0 Å². The largest absolute Gasteiger partial charge is 0.423 e. The molecule has 0 aliphatic carbocycles. The summed E-state index contributed by atoms with van der Waals surface area (Å²) in [5, 5.41) is 10.0. The van der Waals surface area contributed by atoms with Crippen molar-refractivity contribution in [3.8, 4) is 11.3 Å². The maximum absolute atomic E-state index is 5.87. The van der Waals surface area contributed by atoms with Crippen molar-refractivity contribution in [2.45, 2.75) is 13.8 Å². The fraction of sp³-hybridized carbons (Fsp3) is 0.111. The number of nitrogens with two attached hydrogens (primary N) is 1. The van der Waals surface area contributed by atoms with E-state index in [0.717, 1.165) is 33.6 Å². The molecule has 0 bridgehead atoms. The summed E-state index contributed by atoms with van der Waals surface area (Å²) in [6.45, 7) is 4.07. The van der Waals surface area contributed by atoms with Crippen LogP contribution in [-0.4, -0.2) is 15.2 Å². The molecule has 2 heterocycles. The molecule has 2 aromatic heterocycles. The average molecular weight is 319 g/mol. The number of aromatic nitrogens is 3. The SMILES string of the molecule is Cc1cc(C)c2oc(Nc3ccc(-c4[nH]ncc4N)cc3)nc2c1. The van der Waals surface area contributed by atoms with Crippen molar-refractivity contribution in [1.29, 1.82) is 0 Å². The lowest BCUT2D eigenvalue weighted by Gasteiger charge is -2.03. The summed E-state index contributed by atoms with van der Waals surface area (Å²) in [5.41, 5.74) is 13.1. The summed E-state index contributed by atoms with van der Waals surface area (Å²) in [6, 6.07) is 12.4. The van der Waals surface area contributed by atoms with Gasteiger partial charge in [-0.3, -0.25) is 5.10 Å². The first kappa shape index (κ1) is 14.3. The highest BCUT2D eigenvalue weighted by molar-refractivity contribution is 5.79. The summed E-state index contributed by atoms with van der Waals surface area (Å²) in [7, 11) is 0. The second-order valence-corrected chi connectivity index (χ2v) is 5.85. The van der Waals surface area contributed by atoms with E-state index in [2.05, 4.69) is 26.6 Å². The first-order valence-electron chi connectivity index (χ1n) is 7.64. The van der Waals surface area contributed by atoms with Crippen LogP contribution in [0.1, 0.15) is 11.1 Å². The Balaban J connectivity index is 1.61. The molecule has 4 aromatic rings. The van der Waals surface area contributed by atoms with E-state index in [1.165, 1.54) is 5.56 Å². The Hall–Kier alpha value is -3.28. The number of anilines is 3. The van der Waals surface area contributed by atoms with Crippen LogP contribution in [0, 0.1) is 13.8 Å². The molecule has 24 heavy (non-hydrogen) atoms. The quantitative estimate of drug-likeness (QED) is 0.527. The van der Waals surface area contributed by atoms with E-state index in [9.17, 15) is 0 Å². The molecule has 6 nitrogen and oxygen atoms in total. The average Bonchev–Trinajstić information content (AvgIpc) is 3.14. The van der Waals surface area contributed by atoms with Crippen molar-refractivity contribution in [3.63, 3.8) is 0 Å². The lowest BCUT2D eigenvalue weighted by molar-refractivity contribution is 0.620. The Kier molecular flexibility index (Phi) is 3.23. The number of hydrogen-bond donors (Lipinski definition) is 3. The number of fused-ring (bicyclic) bond motifs is 1. The van der Waals surface area contributed by atoms with Gasteiger partial charge in [-0.25, -0.2) is 0 Å². The van der Waals surface area contributed by atoms with Gasteiger partial charge in [-0.1, -0.05) is 18.2 Å². The third kappa shape index (κ3) is 2.48. The second-order valence-electron chi connectivity index (χ2n) is 5.85. The highest BCUT2D eigenvalue weighted by Crippen LogP contribution is 2.28. The van der Waals surface area contributed by atoms with Gasteiger partial charge in [0.15, 0.2) is 5.58 Å². The zero-order valence-electron chi connectivity index (χ0n) is 13.4. The fourth-order valence-corrected chi connectivity index (χ4v) is 2.80. The molecule has 4 N–H and O–H groups in total. The maximum atomic E-state index is 5.87. The van der Waals surface area contributed by atoms with Crippen LogP contribution in [0.2, 0.25) is 0 Å². The van der Waals surface area contributed by atoms with Crippen LogP contribution in [0.3, 0.4) is 0 Å². The smallest absolute Gasteiger partial charge is 0.300 e. The van der Waals surface area contributed by atoms with E-state index >= 15 is 0 Å². The predicted molar refractivity (Wildman–Crippen MR) is 95.2 cm³/mol. The van der Waals surface area contributed by atoms with E-state index in [4.69, 9.17) is 10.2 Å². The highest BCUT2D eigenvalue weighted by atomic mass is 16.4. The van der Waals surface area contributed by atoms with Gasteiger partial charge in [0, 0.05) is 11.3 Å². The monoisotopic (exact) mass is 319 g/mol. The number of aryl methyl sites for hydroxylation is 2. The highest BCUT2D eigenvalue weighted by Gasteiger charge is 2.10. The molecule has 0 unspecified atom stereocenters. The number of H-pyrrole nitrogens is 1. The molecule has 0 aliphatic rings. The number of rotatable bonds is 3. The fourth-order valence-electron chi connectivity index (χ4n) is 2.80. The molecule has 0 fully saturated rings.